The smallest absolute Gasteiger partial charge is 0.422 e. The summed E-state index contributed by atoms with van der Waals surface area (Å²) in [6, 6.07) is 15.7. The molecular formula is C25H24N4O3. The number of nitrogens with one attached hydrogen (secondary N) is 1. The molecule has 0 saturated carbocycles. The molecule has 0 aliphatic carbocycles. The number of ether oxygens (including phenoxy) is 1. The maximum Gasteiger partial charge on any atom is 0.422 e. The number of nitrogens with zero attached hydrogens (tertiary/aromatic N) is 3. The molecule has 3 aromatic heterocycles. The number of hydrogen-bond donors (Lipinski definition) is 1. The van der Waals surface area contributed by atoms with Gasteiger partial charge in [-0.2, -0.15) is 0 Å². The van der Waals surface area contributed by atoms with E-state index in [9.17, 15) is 9.59 Å². The zero-order chi connectivity index (χ0) is 22.6. The SMILES string of the molecule is Cn1cc(-c2cn(C(=O)OC(C)(C)C)c(=O)n2-c2c[nH]c3ccccc23)c2ccccc21. The summed E-state index contributed by atoms with van der Waals surface area (Å²) in [5.41, 5.74) is 2.88. The molecule has 5 rings (SSSR count). The standard InChI is InChI=1S/C25H24N4O3/c1-25(2,3)32-24(31)28-15-22(18-14-27(4)20-12-8-6-9-16(18)20)29(23(28)30)21-13-26-19-11-7-5-10-17(19)21/h5-15,26H,1-4H3. The van der Waals surface area contributed by atoms with Crippen LogP contribution in [0.4, 0.5) is 4.79 Å². The number of benzene rings is 2. The van der Waals surface area contributed by atoms with Crippen molar-refractivity contribution in [2.45, 2.75) is 26.4 Å². The van der Waals surface area contributed by atoms with E-state index >= 15 is 0 Å². The molecule has 0 amide bonds. The van der Waals surface area contributed by atoms with Crippen molar-refractivity contribution in [3.63, 3.8) is 0 Å². The molecule has 0 aliphatic heterocycles. The largest absolute Gasteiger partial charge is 0.443 e. The van der Waals surface area contributed by atoms with Crippen LogP contribution in [0.3, 0.4) is 0 Å². The maximum absolute atomic E-state index is 13.6. The van der Waals surface area contributed by atoms with Crippen LogP contribution in [0.15, 0.2) is 71.9 Å². The number of aryl methyl sites for hydroxylation is 1. The Kier molecular flexibility index (Phi) is 4.37. The molecule has 7 nitrogen and oxygen atoms in total. The van der Waals surface area contributed by atoms with Gasteiger partial charge in [0.1, 0.15) is 5.60 Å². The lowest BCUT2D eigenvalue weighted by Crippen LogP contribution is -2.33. The van der Waals surface area contributed by atoms with Gasteiger partial charge < -0.3 is 14.3 Å². The zero-order valence-corrected chi connectivity index (χ0v) is 18.4. The molecule has 0 saturated heterocycles. The van der Waals surface area contributed by atoms with Gasteiger partial charge >= 0.3 is 11.8 Å². The second-order valence-electron chi connectivity index (χ2n) is 8.87. The second-order valence-corrected chi connectivity index (χ2v) is 8.87. The molecule has 0 spiro atoms. The summed E-state index contributed by atoms with van der Waals surface area (Å²) in [5, 5.41) is 1.88. The first-order chi connectivity index (χ1) is 15.2. The quantitative estimate of drug-likeness (QED) is 0.427. The molecule has 5 aromatic rings. The van der Waals surface area contributed by atoms with E-state index in [4.69, 9.17) is 4.74 Å². The first-order valence-corrected chi connectivity index (χ1v) is 10.4. The van der Waals surface area contributed by atoms with Crippen LogP contribution in [0.5, 0.6) is 0 Å². The Labute approximate surface area is 184 Å². The number of rotatable bonds is 2. The lowest BCUT2D eigenvalue weighted by Gasteiger charge is -2.18. The van der Waals surface area contributed by atoms with E-state index in [1.165, 1.54) is 0 Å². The third kappa shape index (κ3) is 3.13. The van der Waals surface area contributed by atoms with Gasteiger partial charge in [-0.15, -0.1) is 0 Å². The first-order valence-electron chi connectivity index (χ1n) is 10.4. The fourth-order valence-corrected chi connectivity index (χ4v) is 4.10. The fourth-order valence-electron chi connectivity index (χ4n) is 4.10. The van der Waals surface area contributed by atoms with Gasteiger partial charge in [-0.3, -0.25) is 4.57 Å². The molecular weight excluding hydrogens is 404 g/mol. The zero-order valence-electron chi connectivity index (χ0n) is 18.4. The van der Waals surface area contributed by atoms with Crippen LogP contribution in [-0.2, 0) is 11.8 Å². The van der Waals surface area contributed by atoms with Crippen LogP contribution in [-0.4, -0.2) is 30.4 Å². The molecule has 2 aromatic carbocycles. The van der Waals surface area contributed by atoms with Gasteiger partial charge in [0.25, 0.3) is 0 Å². The van der Waals surface area contributed by atoms with Crippen molar-refractivity contribution in [3.05, 3.63) is 77.6 Å². The third-order valence-electron chi connectivity index (χ3n) is 5.46. The second kappa shape index (κ2) is 7.02. The summed E-state index contributed by atoms with van der Waals surface area (Å²) in [6.45, 7) is 5.33. The average molecular weight is 428 g/mol. The van der Waals surface area contributed by atoms with Crippen molar-refractivity contribution in [1.82, 2.24) is 18.7 Å². The van der Waals surface area contributed by atoms with E-state index in [-0.39, 0.29) is 0 Å². The maximum atomic E-state index is 13.6. The fraction of sp³-hybridized carbons (Fsp3) is 0.200. The Morgan fingerprint density at radius 3 is 2.41 bits per heavy atom. The summed E-state index contributed by atoms with van der Waals surface area (Å²) in [4.78, 5) is 29.7. The van der Waals surface area contributed by atoms with Gasteiger partial charge in [0.2, 0.25) is 0 Å². The van der Waals surface area contributed by atoms with Gasteiger partial charge in [-0.25, -0.2) is 14.2 Å². The predicted molar refractivity (Wildman–Crippen MR) is 125 cm³/mol. The van der Waals surface area contributed by atoms with Crippen LogP contribution in [0, 0.1) is 0 Å². The number of para-hydroxylation sites is 2. The van der Waals surface area contributed by atoms with Crippen molar-refractivity contribution in [2.24, 2.45) is 7.05 Å². The normalized spacial score (nSPS) is 12.0. The monoisotopic (exact) mass is 428 g/mol. The molecule has 32 heavy (non-hydrogen) atoms. The molecule has 0 radical (unpaired) electrons. The number of carbonyl (C=O) groups is 1. The van der Waals surface area contributed by atoms with Crippen molar-refractivity contribution >= 4 is 27.9 Å². The number of fused-ring (bicyclic) bond motifs is 2. The van der Waals surface area contributed by atoms with E-state index in [2.05, 4.69) is 4.98 Å². The number of aromatic amines is 1. The minimum absolute atomic E-state index is 0.480. The molecule has 7 heteroatoms. The summed E-state index contributed by atoms with van der Waals surface area (Å²) in [6.07, 6.45) is 4.63. The predicted octanol–water partition coefficient (Wildman–Crippen LogP) is 5.06. The van der Waals surface area contributed by atoms with Crippen molar-refractivity contribution < 1.29 is 9.53 Å². The molecule has 162 valence electrons. The summed E-state index contributed by atoms with van der Waals surface area (Å²) < 4.78 is 10.1. The average Bonchev–Trinajstić information content (AvgIpc) is 3.40. The third-order valence-corrected chi connectivity index (χ3v) is 5.46. The molecule has 0 atom stereocenters. The number of imidazole rings is 1. The van der Waals surface area contributed by atoms with Crippen LogP contribution in [0.25, 0.3) is 38.8 Å². The Morgan fingerprint density at radius 1 is 0.969 bits per heavy atom. The Hall–Kier alpha value is -4.00. The number of carbonyl (C=O) groups excluding carboxylic acids is 1. The van der Waals surface area contributed by atoms with Crippen molar-refractivity contribution in [3.8, 4) is 16.9 Å². The summed E-state index contributed by atoms with van der Waals surface area (Å²) in [5.74, 6) is 0. The highest BCUT2D eigenvalue weighted by atomic mass is 16.6. The van der Waals surface area contributed by atoms with Crippen molar-refractivity contribution in [2.75, 3.05) is 0 Å². The summed E-state index contributed by atoms with van der Waals surface area (Å²) >= 11 is 0. The van der Waals surface area contributed by atoms with E-state index in [0.29, 0.717) is 11.4 Å². The highest BCUT2D eigenvalue weighted by Crippen LogP contribution is 2.32. The number of hydrogen-bond acceptors (Lipinski definition) is 3. The van der Waals surface area contributed by atoms with Crippen LogP contribution >= 0.6 is 0 Å². The molecule has 3 heterocycles. The Bertz CT molecular complexity index is 1540. The Morgan fingerprint density at radius 2 is 1.66 bits per heavy atom. The van der Waals surface area contributed by atoms with Crippen LogP contribution in [0.2, 0.25) is 0 Å². The van der Waals surface area contributed by atoms with E-state index in [1.54, 1.807) is 37.7 Å². The summed E-state index contributed by atoms with van der Waals surface area (Å²) in [7, 11) is 1.96. The van der Waals surface area contributed by atoms with E-state index in [1.807, 2.05) is 66.3 Å². The molecule has 0 bridgehead atoms. The first kappa shape index (κ1) is 19.9. The van der Waals surface area contributed by atoms with Gasteiger partial charge in [-0.05, 0) is 32.9 Å². The molecule has 0 unspecified atom stereocenters. The lowest BCUT2D eigenvalue weighted by atomic mass is 10.1. The minimum Gasteiger partial charge on any atom is -0.443 e. The van der Waals surface area contributed by atoms with Gasteiger partial charge in [0.15, 0.2) is 0 Å². The van der Waals surface area contributed by atoms with E-state index < -0.39 is 17.4 Å². The van der Waals surface area contributed by atoms with Gasteiger partial charge in [0, 0.05) is 53.0 Å². The van der Waals surface area contributed by atoms with Gasteiger partial charge in [-0.1, -0.05) is 36.4 Å². The molecule has 0 fully saturated rings. The minimum atomic E-state index is -0.723. The number of aromatic nitrogens is 4. The topological polar surface area (TPSA) is 73.9 Å². The molecule has 1 N–H and O–H groups in total. The van der Waals surface area contributed by atoms with Crippen LogP contribution in [0.1, 0.15) is 20.8 Å². The Balaban J connectivity index is 1.82. The van der Waals surface area contributed by atoms with Gasteiger partial charge in [0.05, 0.1) is 11.4 Å². The highest BCUT2D eigenvalue weighted by Gasteiger charge is 2.26. The van der Waals surface area contributed by atoms with Crippen LogP contribution < -0.4 is 5.69 Å². The highest BCUT2D eigenvalue weighted by molar-refractivity contribution is 5.97. The lowest BCUT2D eigenvalue weighted by molar-refractivity contribution is 0.0530. The number of H-pyrrole nitrogens is 1. The molecule has 0 aliphatic rings. The van der Waals surface area contributed by atoms with Crippen molar-refractivity contribution in [1.29, 1.82) is 0 Å². The van der Waals surface area contributed by atoms with E-state index in [0.717, 1.165) is 31.9 Å².